The molecule has 0 fully saturated rings. The first kappa shape index (κ1) is 15.5. The summed E-state index contributed by atoms with van der Waals surface area (Å²) >= 11 is 7.12. The van der Waals surface area contributed by atoms with Crippen LogP contribution in [0.4, 0.5) is 0 Å². The highest BCUT2D eigenvalue weighted by atomic mass is 79.9. The highest BCUT2D eigenvalue weighted by molar-refractivity contribution is 9.11. The molecule has 0 saturated carbocycles. The number of hydrogen-bond acceptors (Lipinski definition) is 3. The predicted octanol–water partition coefficient (Wildman–Crippen LogP) is 3.60. The largest absolute Gasteiger partial charge is 0.491 e. The Hall–Kier alpha value is -0.850. The molecule has 108 valence electrons. The number of nitrogens with one attached hydrogen (secondary N) is 1. The number of imidazole rings is 1. The molecule has 1 aromatic heterocycles. The zero-order chi connectivity index (χ0) is 14.4. The second-order valence-electron chi connectivity index (χ2n) is 4.42. The van der Waals surface area contributed by atoms with Gasteiger partial charge in [0.05, 0.1) is 21.9 Å². The molecule has 0 atom stereocenters. The Labute approximate surface area is 135 Å². The summed E-state index contributed by atoms with van der Waals surface area (Å²) in [5, 5.41) is 3.13. The fraction of sp³-hybridized carbons (Fsp3) is 0.357. The van der Waals surface area contributed by atoms with Crippen LogP contribution in [-0.2, 0) is 13.1 Å². The van der Waals surface area contributed by atoms with Crippen molar-refractivity contribution in [2.24, 2.45) is 0 Å². The summed E-state index contributed by atoms with van der Waals surface area (Å²) < 4.78 is 9.84. The van der Waals surface area contributed by atoms with Crippen molar-refractivity contribution in [2.45, 2.75) is 19.5 Å². The van der Waals surface area contributed by atoms with Gasteiger partial charge in [0, 0.05) is 25.5 Å². The molecule has 2 rings (SSSR count). The molecule has 1 N–H and O–H groups in total. The molecule has 0 unspecified atom stereocenters. The molecule has 0 spiro atoms. The van der Waals surface area contributed by atoms with E-state index in [9.17, 15) is 0 Å². The van der Waals surface area contributed by atoms with E-state index in [1.54, 1.807) is 6.20 Å². The summed E-state index contributed by atoms with van der Waals surface area (Å²) in [5.41, 5.74) is 1.21. The Kier molecular flexibility index (Phi) is 6.06. The lowest BCUT2D eigenvalue weighted by atomic mass is 10.2. The van der Waals surface area contributed by atoms with Gasteiger partial charge >= 0.3 is 0 Å². The molecule has 0 aliphatic rings. The van der Waals surface area contributed by atoms with Gasteiger partial charge in [-0.3, -0.25) is 0 Å². The van der Waals surface area contributed by atoms with Crippen LogP contribution in [0.2, 0.25) is 0 Å². The van der Waals surface area contributed by atoms with E-state index in [0.29, 0.717) is 6.61 Å². The highest BCUT2D eigenvalue weighted by Gasteiger charge is 2.08. The van der Waals surface area contributed by atoms with Crippen molar-refractivity contribution < 1.29 is 4.74 Å². The second-order valence-corrected chi connectivity index (χ2v) is 6.13. The summed E-state index contributed by atoms with van der Waals surface area (Å²) in [6.45, 7) is 2.41. The van der Waals surface area contributed by atoms with Crippen molar-refractivity contribution in [3.8, 4) is 5.75 Å². The van der Waals surface area contributed by atoms with Crippen molar-refractivity contribution in [3.05, 3.63) is 45.4 Å². The van der Waals surface area contributed by atoms with E-state index in [4.69, 9.17) is 4.74 Å². The Morgan fingerprint density at radius 1 is 1.30 bits per heavy atom. The van der Waals surface area contributed by atoms with Gasteiger partial charge in [0.1, 0.15) is 5.75 Å². The smallest absolute Gasteiger partial charge is 0.147 e. The first-order valence-electron chi connectivity index (χ1n) is 6.41. The van der Waals surface area contributed by atoms with Crippen LogP contribution < -0.4 is 10.1 Å². The molecule has 0 bridgehead atoms. The number of aryl methyl sites for hydroxylation is 1. The van der Waals surface area contributed by atoms with E-state index >= 15 is 0 Å². The minimum atomic E-state index is 0.667. The first-order valence-corrected chi connectivity index (χ1v) is 8.00. The molecule has 0 radical (unpaired) electrons. The van der Waals surface area contributed by atoms with Crippen molar-refractivity contribution >= 4 is 31.9 Å². The number of benzene rings is 1. The lowest BCUT2D eigenvalue weighted by Gasteiger charge is -2.12. The van der Waals surface area contributed by atoms with Crippen LogP contribution in [0.15, 0.2) is 39.8 Å². The fourth-order valence-electron chi connectivity index (χ4n) is 1.90. The van der Waals surface area contributed by atoms with Crippen molar-refractivity contribution in [3.63, 3.8) is 0 Å². The fourth-order valence-corrected chi connectivity index (χ4v) is 3.41. The van der Waals surface area contributed by atoms with Crippen LogP contribution in [0.5, 0.6) is 5.75 Å². The van der Waals surface area contributed by atoms with Crippen LogP contribution in [0.25, 0.3) is 0 Å². The van der Waals surface area contributed by atoms with E-state index in [2.05, 4.69) is 54.3 Å². The quantitative estimate of drug-likeness (QED) is 0.719. The number of hydrogen-bond donors (Lipinski definition) is 1. The van der Waals surface area contributed by atoms with E-state index in [-0.39, 0.29) is 0 Å². The maximum Gasteiger partial charge on any atom is 0.147 e. The molecule has 1 heterocycles. The van der Waals surface area contributed by atoms with Crippen LogP contribution in [-0.4, -0.2) is 23.2 Å². The van der Waals surface area contributed by atoms with E-state index in [1.165, 1.54) is 5.56 Å². The van der Waals surface area contributed by atoms with Gasteiger partial charge in [0.2, 0.25) is 0 Å². The Morgan fingerprint density at radius 3 is 2.65 bits per heavy atom. The third-order valence-electron chi connectivity index (χ3n) is 2.81. The first-order chi connectivity index (χ1) is 9.70. The Morgan fingerprint density at radius 2 is 2.05 bits per heavy atom. The molecular formula is C14H17Br2N3O. The number of halogens is 2. The minimum Gasteiger partial charge on any atom is -0.491 e. The van der Waals surface area contributed by atoms with Crippen molar-refractivity contribution in [2.75, 3.05) is 13.7 Å². The van der Waals surface area contributed by atoms with Crippen LogP contribution >= 0.6 is 31.9 Å². The standard InChI is InChI=1S/C14H17Br2N3O/c1-17-9-11-7-12(15)14(13(16)8-11)20-6-2-4-19-5-3-18-10-19/h3,5,7-8,10,17H,2,4,6,9H2,1H3. The predicted molar refractivity (Wildman–Crippen MR) is 86.9 cm³/mol. The molecular weight excluding hydrogens is 386 g/mol. The summed E-state index contributed by atoms with van der Waals surface area (Å²) in [4.78, 5) is 4.02. The molecule has 6 heteroatoms. The van der Waals surface area contributed by atoms with Crippen LogP contribution in [0.1, 0.15) is 12.0 Å². The van der Waals surface area contributed by atoms with E-state index in [1.807, 2.05) is 24.1 Å². The molecule has 1 aromatic carbocycles. The van der Waals surface area contributed by atoms with E-state index < -0.39 is 0 Å². The lowest BCUT2D eigenvalue weighted by Crippen LogP contribution is -2.06. The second kappa shape index (κ2) is 7.81. The van der Waals surface area contributed by atoms with Gasteiger partial charge in [-0.2, -0.15) is 0 Å². The van der Waals surface area contributed by atoms with Crippen LogP contribution in [0, 0.1) is 0 Å². The summed E-state index contributed by atoms with van der Waals surface area (Å²) in [7, 11) is 1.93. The van der Waals surface area contributed by atoms with Gasteiger partial charge in [-0.15, -0.1) is 0 Å². The summed E-state index contributed by atoms with van der Waals surface area (Å²) in [6.07, 6.45) is 6.50. The average molecular weight is 403 g/mol. The maximum atomic E-state index is 5.85. The summed E-state index contributed by atoms with van der Waals surface area (Å²) in [6, 6.07) is 4.15. The van der Waals surface area contributed by atoms with E-state index in [0.717, 1.165) is 34.2 Å². The zero-order valence-corrected chi connectivity index (χ0v) is 14.4. The summed E-state index contributed by atoms with van der Waals surface area (Å²) in [5.74, 6) is 0.857. The normalized spacial score (nSPS) is 10.8. The van der Waals surface area contributed by atoms with Gasteiger partial charge < -0.3 is 14.6 Å². The molecule has 0 saturated heterocycles. The van der Waals surface area contributed by atoms with Gasteiger partial charge in [0.15, 0.2) is 0 Å². The highest BCUT2D eigenvalue weighted by Crippen LogP contribution is 2.34. The van der Waals surface area contributed by atoms with Gasteiger partial charge in [0.25, 0.3) is 0 Å². The zero-order valence-electron chi connectivity index (χ0n) is 11.3. The van der Waals surface area contributed by atoms with Gasteiger partial charge in [-0.05, 0) is 63.0 Å². The number of rotatable bonds is 7. The molecule has 20 heavy (non-hydrogen) atoms. The third kappa shape index (κ3) is 4.33. The maximum absolute atomic E-state index is 5.85. The van der Waals surface area contributed by atoms with Gasteiger partial charge in [-0.1, -0.05) is 0 Å². The van der Waals surface area contributed by atoms with Crippen LogP contribution in [0.3, 0.4) is 0 Å². The number of aromatic nitrogens is 2. The molecule has 0 aliphatic heterocycles. The number of ether oxygens (including phenoxy) is 1. The van der Waals surface area contributed by atoms with Crippen molar-refractivity contribution in [1.82, 2.24) is 14.9 Å². The lowest BCUT2D eigenvalue weighted by molar-refractivity contribution is 0.298. The van der Waals surface area contributed by atoms with Gasteiger partial charge in [-0.25, -0.2) is 4.98 Å². The monoisotopic (exact) mass is 401 g/mol. The number of nitrogens with zero attached hydrogens (tertiary/aromatic N) is 2. The Bertz CT molecular complexity index is 520. The van der Waals surface area contributed by atoms with Crippen molar-refractivity contribution in [1.29, 1.82) is 0 Å². The average Bonchev–Trinajstić information content (AvgIpc) is 2.90. The minimum absolute atomic E-state index is 0.667. The molecule has 2 aromatic rings. The molecule has 0 amide bonds. The molecule has 0 aliphatic carbocycles. The molecule has 4 nitrogen and oxygen atoms in total. The topological polar surface area (TPSA) is 39.1 Å². The Balaban J connectivity index is 1.89. The SMILES string of the molecule is CNCc1cc(Br)c(OCCCn2ccnc2)c(Br)c1. The third-order valence-corrected chi connectivity index (χ3v) is 3.98.